The van der Waals surface area contributed by atoms with Gasteiger partial charge in [-0.1, -0.05) is 12.8 Å². The normalized spacial score (nSPS) is 21.8. The van der Waals surface area contributed by atoms with E-state index in [1.807, 2.05) is 6.92 Å². The van der Waals surface area contributed by atoms with Gasteiger partial charge in [-0.2, -0.15) is 0 Å². The maximum Gasteiger partial charge on any atom is 0.189 e. The number of nitrogens with two attached hydrogens (primary N) is 1. The first kappa shape index (κ1) is 10.3. The quantitative estimate of drug-likeness (QED) is 0.435. The second-order valence-electron chi connectivity index (χ2n) is 3.68. The number of nitrogens with zero attached hydrogens (tertiary/aromatic N) is 1. The van der Waals surface area contributed by atoms with Crippen molar-refractivity contribution >= 4 is 5.96 Å². The minimum Gasteiger partial charge on any atom is -0.394 e. The number of rotatable bonds is 3. The zero-order valence-electron chi connectivity index (χ0n) is 8.16. The Bertz CT molecular complexity index is 176. The molecule has 1 aliphatic carbocycles. The van der Waals surface area contributed by atoms with Gasteiger partial charge in [0.25, 0.3) is 0 Å². The van der Waals surface area contributed by atoms with Crippen molar-refractivity contribution in [3.63, 3.8) is 0 Å². The summed E-state index contributed by atoms with van der Waals surface area (Å²) in [6, 6.07) is 0.392. The predicted octanol–water partition coefficient (Wildman–Crippen LogP) is 0.214. The van der Waals surface area contributed by atoms with Crippen LogP contribution >= 0.6 is 0 Å². The molecular weight excluding hydrogens is 166 g/mol. The number of nitrogens with one attached hydrogen (secondary N) is 1. The third-order valence-corrected chi connectivity index (χ3v) is 2.31. The molecule has 0 saturated heterocycles. The Hall–Kier alpha value is -0.770. The number of aliphatic hydroxyl groups excluding tert-OH is 1. The molecule has 0 radical (unpaired) electrons. The van der Waals surface area contributed by atoms with Gasteiger partial charge in [0.1, 0.15) is 0 Å². The molecule has 1 atom stereocenters. The lowest BCUT2D eigenvalue weighted by atomic mass is 10.3. The van der Waals surface area contributed by atoms with E-state index in [1.54, 1.807) is 0 Å². The van der Waals surface area contributed by atoms with Gasteiger partial charge < -0.3 is 16.2 Å². The number of hydrogen-bond donors (Lipinski definition) is 3. The summed E-state index contributed by atoms with van der Waals surface area (Å²) in [5.41, 5.74) is 5.66. The second-order valence-corrected chi connectivity index (χ2v) is 3.68. The first-order chi connectivity index (χ1) is 6.22. The molecule has 1 rings (SSSR count). The van der Waals surface area contributed by atoms with Crippen LogP contribution in [0.2, 0.25) is 0 Å². The Morgan fingerprint density at radius 3 is 2.77 bits per heavy atom. The Morgan fingerprint density at radius 1 is 1.62 bits per heavy atom. The molecule has 0 aromatic carbocycles. The van der Waals surface area contributed by atoms with E-state index in [9.17, 15) is 0 Å². The van der Waals surface area contributed by atoms with Crippen LogP contribution in [0.3, 0.4) is 0 Å². The third-order valence-electron chi connectivity index (χ3n) is 2.31. The fourth-order valence-corrected chi connectivity index (χ4v) is 1.57. The molecule has 0 aliphatic heterocycles. The number of guanidine groups is 1. The number of aliphatic hydroxyl groups is 1. The van der Waals surface area contributed by atoms with Crippen LogP contribution in [-0.2, 0) is 0 Å². The zero-order chi connectivity index (χ0) is 9.68. The fourth-order valence-electron chi connectivity index (χ4n) is 1.57. The van der Waals surface area contributed by atoms with Crippen LogP contribution in [0.4, 0.5) is 0 Å². The van der Waals surface area contributed by atoms with Gasteiger partial charge in [-0.15, -0.1) is 0 Å². The van der Waals surface area contributed by atoms with Crippen LogP contribution in [-0.4, -0.2) is 29.8 Å². The monoisotopic (exact) mass is 185 g/mol. The smallest absolute Gasteiger partial charge is 0.189 e. The Labute approximate surface area is 79.2 Å². The van der Waals surface area contributed by atoms with Gasteiger partial charge in [-0.25, -0.2) is 0 Å². The molecule has 0 heterocycles. The summed E-state index contributed by atoms with van der Waals surface area (Å²) >= 11 is 0. The molecule has 1 fully saturated rings. The molecule has 4 nitrogen and oxygen atoms in total. The minimum absolute atomic E-state index is 0.00912. The molecular formula is C9H19N3O. The van der Waals surface area contributed by atoms with Crippen LogP contribution in [0.15, 0.2) is 4.99 Å². The van der Waals surface area contributed by atoms with Crippen molar-refractivity contribution in [2.45, 2.75) is 44.7 Å². The van der Waals surface area contributed by atoms with E-state index in [1.165, 1.54) is 12.8 Å². The minimum atomic E-state index is -0.00912. The fraction of sp³-hybridized carbons (Fsp3) is 0.889. The topological polar surface area (TPSA) is 70.6 Å². The Balaban J connectivity index is 2.31. The summed E-state index contributed by atoms with van der Waals surface area (Å²) in [6.45, 7) is 1.96. The van der Waals surface area contributed by atoms with E-state index >= 15 is 0 Å². The highest BCUT2D eigenvalue weighted by molar-refractivity contribution is 5.78. The van der Waals surface area contributed by atoms with E-state index < -0.39 is 0 Å². The first-order valence-electron chi connectivity index (χ1n) is 4.93. The van der Waals surface area contributed by atoms with Crippen molar-refractivity contribution in [3.05, 3.63) is 0 Å². The zero-order valence-corrected chi connectivity index (χ0v) is 8.16. The summed E-state index contributed by atoms with van der Waals surface area (Å²) in [6.07, 6.45) is 4.82. The largest absolute Gasteiger partial charge is 0.394 e. The van der Waals surface area contributed by atoms with Crippen molar-refractivity contribution in [2.75, 3.05) is 6.61 Å². The summed E-state index contributed by atoms with van der Waals surface area (Å²) < 4.78 is 0. The van der Waals surface area contributed by atoms with Crippen LogP contribution in [0.1, 0.15) is 32.6 Å². The van der Waals surface area contributed by atoms with Crippen LogP contribution < -0.4 is 11.1 Å². The molecule has 4 N–H and O–H groups in total. The molecule has 13 heavy (non-hydrogen) atoms. The van der Waals surface area contributed by atoms with Crippen LogP contribution in [0.5, 0.6) is 0 Å². The Morgan fingerprint density at radius 2 is 2.23 bits per heavy atom. The van der Waals surface area contributed by atoms with Crippen molar-refractivity contribution < 1.29 is 5.11 Å². The highest BCUT2D eigenvalue weighted by atomic mass is 16.3. The van der Waals surface area contributed by atoms with Gasteiger partial charge >= 0.3 is 0 Å². The molecule has 1 aliphatic rings. The molecule has 0 spiro atoms. The Kier molecular flexibility index (Phi) is 4.02. The van der Waals surface area contributed by atoms with Gasteiger partial charge in [0.2, 0.25) is 0 Å². The maximum absolute atomic E-state index is 8.77. The van der Waals surface area contributed by atoms with Gasteiger partial charge in [0, 0.05) is 6.04 Å². The summed E-state index contributed by atoms with van der Waals surface area (Å²) in [5, 5.41) is 11.7. The van der Waals surface area contributed by atoms with Crippen molar-refractivity contribution in [3.8, 4) is 0 Å². The van der Waals surface area contributed by atoms with E-state index in [0.717, 1.165) is 12.8 Å². The molecule has 4 heteroatoms. The third kappa shape index (κ3) is 3.63. The van der Waals surface area contributed by atoms with E-state index in [2.05, 4.69) is 10.3 Å². The van der Waals surface area contributed by atoms with Gasteiger partial charge in [0.05, 0.1) is 12.6 Å². The molecule has 0 bridgehead atoms. The molecule has 76 valence electrons. The summed E-state index contributed by atoms with van der Waals surface area (Å²) in [5.74, 6) is 0.466. The van der Waals surface area contributed by atoms with E-state index in [0.29, 0.717) is 12.0 Å². The standard InChI is InChI=1S/C9H19N3O/c1-7(6-13)11-9(10)12-8-4-2-3-5-8/h7-8,13H,2-6H2,1H3,(H3,10,11,12). The van der Waals surface area contributed by atoms with Crippen molar-refractivity contribution in [1.82, 2.24) is 5.32 Å². The van der Waals surface area contributed by atoms with Crippen molar-refractivity contribution in [1.29, 1.82) is 0 Å². The number of hydrogen-bond acceptors (Lipinski definition) is 2. The highest BCUT2D eigenvalue weighted by Gasteiger charge is 2.14. The molecule has 1 unspecified atom stereocenters. The van der Waals surface area contributed by atoms with Crippen molar-refractivity contribution in [2.24, 2.45) is 10.7 Å². The van der Waals surface area contributed by atoms with E-state index in [4.69, 9.17) is 10.8 Å². The molecule has 1 saturated carbocycles. The first-order valence-corrected chi connectivity index (χ1v) is 4.93. The lowest BCUT2D eigenvalue weighted by molar-refractivity contribution is 0.264. The van der Waals surface area contributed by atoms with Gasteiger partial charge in [-0.3, -0.25) is 4.99 Å². The van der Waals surface area contributed by atoms with Crippen LogP contribution in [0, 0.1) is 0 Å². The van der Waals surface area contributed by atoms with E-state index in [-0.39, 0.29) is 12.6 Å². The highest BCUT2D eigenvalue weighted by Crippen LogP contribution is 2.20. The van der Waals surface area contributed by atoms with Crippen LogP contribution in [0.25, 0.3) is 0 Å². The predicted molar refractivity (Wildman–Crippen MR) is 53.6 cm³/mol. The maximum atomic E-state index is 8.77. The molecule has 0 aromatic heterocycles. The SMILES string of the molecule is CC(CO)NC(N)=NC1CCCC1. The second kappa shape index (κ2) is 5.07. The van der Waals surface area contributed by atoms with Gasteiger partial charge in [0.15, 0.2) is 5.96 Å². The average Bonchev–Trinajstić information content (AvgIpc) is 2.56. The number of aliphatic imine (C=N–C) groups is 1. The summed E-state index contributed by atoms with van der Waals surface area (Å²) in [7, 11) is 0. The van der Waals surface area contributed by atoms with Gasteiger partial charge in [-0.05, 0) is 19.8 Å². The summed E-state index contributed by atoms with van der Waals surface area (Å²) in [4.78, 5) is 4.34. The molecule has 0 amide bonds. The lowest BCUT2D eigenvalue weighted by Gasteiger charge is -2.12. The molecule has 0 aromatic rings. The lowest BCUT2D eigenvalue weighted by Crippen LogP contribution is -2.40. The average molecular weight is 185 g/mol.